The van der Waals surface area contributed by atoms with Crippen LogP contribution in [-0.4, -0.2) is 92.2 Å². The SMILES string of the molecule is C=CC(=O)OCCCCCCOc1ccc(C(=O)Oc2ccc(C(=O)O[C@H]3C(=O)N(C)C(=O)[C@@H]3OC(=O)c3ccc4cc(OCCCCCCOC(=O)C=C)ccc4c3)cc2)cc1. The summed E-state index contributed by atoms with van der Waals surface area (Å²) in [6.07, 6.45) is 5.51. The molecule has 1 aliphatic heterocycles. The summed E-state index contributed by atoms with van der Waals surface area (Å²) in [4.78, 5) is 88.1. The highest BCUT2D eigenvalue weighted by atomic mass is 16.6. The molecule has 0 bridgehead atoms. The van der Waals surface area contributed by atoms with Crippen molar-refractivity contribution in [2.45, 2.75) is 63.6 Å². The second-order valence-electron chi connectivity index (χ2n) is 14.3. The van der Waals surface area contributed by atoms with Gasteiger partial charge in [0, 0.05) is 19.2 Å². The van der Waals surface area contributed by atoms with Gasteiger partial charge in [0.05, 0.1) is 43.1 Å². The van der Waals surface area contributed by atoms with E-state index < -0.39 is 53.9 Å². The molecule has 15 nitrogen and oxygen atoms in total. The summed E-state index contributed by atoms with van der Waals surface area (Å²) >= 11 is 0. The number of hydrogen-bond donors (Lipinski definition) is 0. The van der Waals surface area contributed by atoms with E-state index in [0.717, 1.165) is 73.8 Å². The van der Waals surface area contributed by atoms with E-state index in [9.17, 15) is 33.6 Å². The van der Waals surface area contributed by atoms with Gasteiger partial charge in [-0.05, 0) is 135 Å². The van der Waals surface area contributed by atoms with Crippen LogP contribution in [0.2, 0.25) is 0 Å². The molecular formula is C48H49NO14. The molecule has 4 aromatic carbocycles. The Morgan fingerprint density at radius 2 is 0.921 bits per heavy atom. The Morgan fingerprint density at radius 1 is 0.508 bits per heavy atom. The zero-order valence-electron chi connectivity index (χ0n) is 35.0. The highest BCUT2D eigenvalue weighted by Gasteiger charge is 2.51. The summed E-state index contributed by atoms with van der Waals surface area (Å²) in [6.45, 7) is 8.40. The second-order valence-corrected chi connectivity index (χ2v) is 14.3. The lowest BCUT2D eigenvalue weighted by molar-refractivity contribution is -0.140. The number of carbonyl (C=O) groups excluding carboxylic acids is 7. The van der Waals surface area contributed by atoms with Crippen molar-refractivity contribution in [3.8, 4) is 17.2 Å². The largest absolute Gasteiger partial charge is 0.494 e. The number of likely N-dealkylation sites (N-methyl/N-ethyl adjacent to an activating group) is 1. The van der Waals surface area contributed by atoms with Gasteiger partial charge in [-0.2, -0.15) is 0 Å². The minimum Gasteiger partial charge on any atom is -0.494 e. The fourth-order valence-electron chi connectivity index (χ4n) is 6.25. The van der Waals surface area contributed by atoms with Gasteiger partial charge in [0.2, 0.25) is 12.2 Å². The van der Waals surface area contributed by atoms with Crippen LogP contribution in [0, 0.1) is 0 Å². The van der Waals surface area contributed by atoms with Gasteiger partial charge < -0.3 is 33.2 Å². The maximum absolute atomic E-state index is 13.3. The fourth-order valence-corrected chi connectivity index (χ4v) is 6.25. The fraction of sp³-hybridized carbons (Fsp3) is 0.312. The van der Waals surface area contributed by atoms with E-state index in [-0.39, 0.29) is 22.4 Å². The van der Waals surface area contributed by atoms with E-state index >= 15 is 0 Å². The lowest BCUT2D eigenvalue weighted by atomic mass is 10.1. The Morgan fingerprint density at radius 3 is 1.46 bits per heavy atom. The quantitative estimate of drug-likeness (QED) is 0.0173. The number of imide groups is 1. The lowest BCUT2D eigenvalue weighted by Crippen LogP contribution is -2.37. The molecule has 0 N–H and O–H groups in total. The third-order valence-electron chi connectivity index (χ3n) is 9.77. The Labute approximate surface area is 364 Å². The van der Waals surface area contributed by atoms with Gasteiger partial charge >= 0.3 is 29.8 Å². The number of rotatable bonds is 24. The van der Waals surface area contributed by atoms with Gasteiger partial charge in [-0.1, -0.05) is 25.3 Å². The van der Waals surface area contributed by atoms with Crippen LogP contribution in [0.25, 0.3) is 10.8 Å². The predicted octanol–water partition coefficient (Wildman–Crippen LogP) is 7.15. The molecule has 0 unspecified atom stereocenters. The zero-order chi connectivity index (χ0) is 45.1. The van der Waals surface area contributed by atoms with Crippen molar-refractivity contribution >= 4 is 52.4 Å². The number of amides is 2. The molecule has 2 atom stereocenters. The van der Waals surface area contributed by atoms with Crippen LogP contribution in [-0.2, 0) is 38.1 Å². The van der Waals surface area contributed by atoms with E-state index in [4.69, 9.17) is 33.2 Å². The summed E-state index contributed by atoms with van der Waals surface area (Å²) in [7, 11) is 1.20. The molecule has 2 amide bonds. The Hall–Kier alpha value is -7.29. The number of likely N-dealkylation sites (tertiary alicyclic amines) is 1. The topological polar surface area (TPSA) is 187 Å². The number of esters is 5. The molecular weight excluding hydrogens is 815 g/mol. The number of nitrogens with zero attached hydrogens (tertiary/aromatic N) is 1. The lowest BCUT2D eigenvalue weighted by Gasteiger charge is -2.17. The molecule has 1 aliphatic rings. The van der Waals surface area contributed by atoms with E-state index in [0.29, 0.717) is 43.3 Å². The predicted molar refractivity (Wildman–Crippen MR) is 228 cm³/mol. The van der Waals surface area contributed by atoms with Crippen LogP contribution in [0.15, 0.2) is 110 Å². The molecule has 1 fully saturated rings. The number of carbonyl (C=O) groups is 7. The van der Waals surface area contributed by atoms with Crippen molar-refractivity contribution in [3.63, 3.8) is 0 Å². The van der Waals surface area contributed by atoms with E-state index in [2.05, 4.69) is 13.2 Å². The molecule has 15 heteroatoms. The van der Waals surface area contributed by atoms with E-state index in [1.807, 2.05) is 6.07 Å². The Kier molecular flexibility index (Phi) is 17.5. The molecule has 0 radical (unpaired) electrons. The first-order chi connectivity index (χ1) is 30.5. The van der Waals surface area contributed by atoms with Gasteiger partial charge in [0.15, 0.2) is 0 Å². The smallest absolute Gasteiger partial charge is 0.343 e. The minimum atomic E-state index is -1.74. The molecule has 4 aromatic rings. The highest BCUT2D eigenvalue weighted by molar-refractivity contribution is 6.10. The van der Waals surface area contributed by atoms with Crippen LogP contribution >= 0.6 is 0 Å². The monoisotopic (exact) mass is 863 g/mol. The molecule has 330 valence electrons. The molecule has 0 saturated carbocycles. The summed E-state index contributed by atoms with van der Waals surface area (Å²) < 4.78 is 37.9. The number of unbranched alkanes of at least 4 members (excludes halogenated alkanes) is 6. The molecule has 5 rings (SSSR count). The summed E-state index contributed by atoms with van der Waals surface area (Å²) in [5.41, 5.74) is 0.350. The van der Waals surface area contributed by atoms with E-state index in [1.165, 1.54) is 37.4 Å². The third-order valence-corrected chi connectivity index (χ3v) is 9.77. The van der Waals surface area contributed by atoms with Crippen LogP contribution in [0.1, 0.15) is 82.4 Å². The second kappa shape index (κ2) is 23.6. The maximum atomic E-state index is 13.3. The molecule has 0 spiro atoms. The third kappa shape index (κ3) is 13.9. The standard InChI is InChI=1S/C48H49NO14/c1-4-40(50)59-28-12-8-6-10-26-57-37-21-16-32(17-22-37)46(54)61-38-23-18-33(19-24-38)47(55)62-42-43(45(53)49(3)44(42)52)63-48(56)36-15-14-35-31-39(25-20-34(35)30-36)58-27-11-7-9-13-29-60-41(51)5-2/h4-5,14-25,30-31,42-43H,1-2,6-13,26-29H2,3H3/t42-,43-/m1/s1. The van der Waals surface area contributed by atoms with Gasteiger partial charge in [-0.15, -0.1) is 0 Å². The van der Waals surface area contributed by atoms with Crippen LogP contribution in [0.3, 0.4) is 0 Å². The molecule has 63 heavy (non-hydrogen) atoms. The average Bonchev–Trinajstić information content (AvgIpc) is 3.49. The highest BCUT2D eigenvalue weighted by Crippen LogP contribution is 2.26. The van der Waals surface area contributed by atoms with Gasteiger partial charge in [-0.25, -0.2) is 24.0 Å². The number of hydrogen-bond acceptors (Lipinski definition) is 14. The number of ether oxygens (including phenoxy) is 7. The zero-order valence-corrected chi connectivity index (χ0v) is 35.0. The van der Waals surface area contributed by atoms with Crippen LogP contribution < -0.4 is 14.2 Å². The number of fused-ring (bicyclic) bond motifs is 1. The molecule has 0 aliphatic carbocycles. The summed E-state index contributed by atoms with van der Waals surface area (Å²) in [5, 5.41) is 1.48. The van der Waals surface area contributed by atoms with Crippen molar-refractivity contribution in [2.75, 3.05) is 33.5 Å². The van der Waals surface area contributed by atoms with Crippen molar-refractivity contribution in [3.05, 3.63) is 127 Å². The number of benzene rings is 4. The van der Waals surface area contributed by atoms with Crippen molar-refractivity contribution in [1.29, 1.82) is 0 Å². The summed E-state index contributed by atoms with van der Waals surface area (Å²) in [5.74, 6) is -3.76. The maximum Gasteiger partial charge on any atom is 0.343 e. The van der Waals surface area contributed by atoms with E-state index in [1.54, 1.807) is 48.5 Å². The van der Waals surface area contributed by atoms with Crippen LogP contribution in [0.4, 0.5) is 0 Å². The normalized spacial score (nSPS) is 14.4. The molecule has 1 heterocycles. The summed E-state index contributed by atoms with van der Waals surface area (Å²) in [6, 6.07) is 22.0. The average molecular weight is 864 g/mol. The Balaban J connectivity index is 1.07. The van der Waals surface area contributed by atoms with Crippen LogP contribution in [0.5, 0.6) is 17.2 Å². The first-order valence-corrected chi connectivity index (χ1v) is 20.5. The molecule has 1 saturated heterocycles. The van der Waals surface area contributed by atoms with Gasteiger partial charge in [0.1, 0.15) is 17.2 Å². The van der Waals surface area contributed by atoms with Crippen molar-refractivity contribution in [1.82, 2.24) is 4.90 Å². The first kappa shape index (κ1) is 46.8. The molecule has 0 aromatic heterocycles. The van der Waals surface area contributed by atoms with Crippen molar-refractivity contribution in [2.24, 2.45) is 0 Å². The Bertz CT molecular complexity index is 2280. The minimum absolute atomic E-state index is 0.0195. The first-order valence-electron chi connectivity index (χ1n) is 20.5. The van der Waals surface area contributed by atoms with Gasteiger partial charge in [-0.3, -0.25) is 14.5 Å². The van der Waals surface area contributed by atoms with Crippen molar-refractivity contribution < 1.29 is 66.7 Å². The van der Waals surface area contributed by atoms with Gasteiger partial charge in [0.25, 0.3) is 11.8 Å².